The molecule has 2 N–H and O–H groups in total. The molecule has 246 valence electrons. The number of esters is 2. The molecule has 0 amide bonds. The Kier molecular flexibility index (Phi) is 29.2. The second-order valence-corrected chi connectivity index (χ2v) is 11.6. The molecule has 6 heteroatoms. The van der Waals surface area contributed by atoms with Crippen LogP contribution < -0.4 is 0 Å². The molecule has 1 unspecified atom stereocenters. The zero-order chi connectivity index (χ0) is 31.8. The van der Waals surface area contributed by atoms with E-state index >= 15 is 0 Å². The predicted molar refractivity (Wildman–Crippen MR) is 179 cm³/mol. The van der Waals surface area contributed by atoms with Crippen LogP contribution in [0.2, 0.25) is 0 Å². The van der Waals surface area contributed by atoms with Crippen molar-refractivity contribution in [2.75, 3.05) is 13.2 Å². The van der Waals surface area contributed by atoms with Crippen molar-refractivity contribution in [3.63, 3.8) is 0 Å². The average molecular weight is 603 g/mol. The molecule has 0 aromatic carbocycles. The summed E-state index contributed by atoms with van der Waals surface area (Å²) in [6.45, 7) is 6.28. The van der Waals surface area contributed by atoms with E-state index in [2.05, 4.69) is 44.2 Å². The molecule has 0 spiro atoms. The van der Waals surface area contributed by atoms with Crippen molar-refractivity contribution in [1.29, 1.82) is 0 Å². The minimum atomic E-state index is -0.998. The van der Waals surface area contributed by atoms with Gasteiger partial charge in [-0.1, -0.05) is 133 Å². The molecule has 0 aromatic heterocycles. The molecular weight excluding hydrogens is 540 g/mol. The van der Waals surface area contributed by atoms with E-state index in [1.807, 2.05) is 37.3 Å². The van der Waals surface area contributed by atoms with E-state index in [-0.39, 0.29) is 31.6 Å². The van der Waals surface area contributed by atoms with Gasteiger partial charge in [-0.15, -0.1) is 0 Å². The number of aliphatic hydroxyl groups excluding tert-OH is 2. The fraction of sp³-hybridized carbons (Fsp3) is 0.676. The third-order valence-corrected chi connectivity index (χ3v) is 6.77. The lowest BCUT2D eigenvalue weighted by Crippen LogP contribution is -2.25. The minimum absolute atomic E-state index is 0.147. The molecule has 0 aliphatic heterocycles. The highest BCUT2D eigenvalue weighted by Crippen LogP contribution is 2.13. The Morgan fingerprint density at radius 3 is 1.81 bits per heavy atom. The fourth-order valence-corrected chi connectivity index (χ4v) is 4.21. The van der Waals surface area contributed by atoms with Gasteiger partial charge in [0.05, 0.1) is 6.10 Å². The van der Waals surface area contributed by atoms with Gasteiger partial charge in [0.25, 0.3) is 0 Å². The van der Waals surface area contributed by atoms with Gasteiger partial charge in [-0.05, 0) is 50.9 Å². The lowest BCUT2D eigenvalue weighted by atomic mass is 10.0. The second kappa shape index (κ2) is 31.0. The van der Waals surface area contributed by atoms with Crippen molar-refractivity contribution < 1.29 is 29.3 Å². The summed E-state index contributed by atoms with van der Waals surface area (Å²) in [4.78, 5) is 23.8. The first-order chi connectivity index (χ1) is 20.8. The zero-order valence-corrected chi connectivity index (χ0v) is 27.5. The lowest BCUT2D eigenvalue weighted by molar-refractivity contribution is -0.152. The van der Waals surface area contributed by atoms with Crippen LogP contribution in [-0.2, 0) is 19.1 Å². The third kappa shape index (κ3) is 32.3. The Morgan fingerprint density at radius 2 is 1.19 bits per heavy atom. The van der Waals surface area contributed by atoms with Gasteiger partial charge >= 0.3 is 11.9 Å². The molecule has 0 aliphatic rings. The first kappa shape index (κ1) is 40.6. The fourth-order valence-electron chi connectivity index (χ4n) is 4.21. The van der Waals surface area contributed by atoms with Crippen LogP contribution in [0, 0.1) is 5.92 Å². The van der Waals surface area contributed by atoms with E-state index in [0.717, 1.165) is 50.9 Å². The standard InChI is InChI=1S/C37H62O6/c1-4-5-27-34(38)28-23-19-15-10-8-6-7-9-11-16-20-24-29-36(40)42-31-35(39)32-43-37(41)30-25-21-17-13-12-14-18-22-26-33(2)3/h5-7,10-11,15-16,19,23,27,33-35,38-39H,4,8-9,12-14,17-18,20-22,24-26,28-32H2,1-3H3/b7-6-,15-10-,16-11-,23-19+,27-5-/t34?,35-/m1/s1. The summed E-state index contributed by atoms with van der Waals surface area (Å²) in [5, 5.41) is 19.6. The van der Waals surface area contributed by atoms with Crippen molar-refractivity contribution in [2.45, 2.75) is 142 Å². The smallest absolute Gasteiger partial charge is 0.305 e. The molecule has 0 aromatic rings. The van der Waals surface area contributed by atoms with E-state index in [9.17, 15) is 19.8 Å². The number of aliphatic hydroxyl groups is 2. The first-order valence-electron chi connectivity index (χ1n) is 16.8. The van der Waals surface area contributed by atoms with Gasteiger partial charge in [0.15, 0.2) is 0 Å². The van der Waals surface area contributed by atoms with Crippen molar-refractivity contribution >= 4 is 11.9 Å². The van der Waals surface area contributed by atoms with Crippen LogP contribution >= 0.6 is 0 Å². The number of hydrogen-bond donors (Lipinski definition) is 2. The maximum absolute atomic E-state index is 11.9. The molecule has 0 bridgehead atoms. The summed E-state index contributed by atoms with van der Waals surface area (Å²) >= 11 is 0. The van der Waals surface area contributed by atoms with Gasteiger partial charge in [0, 0.05) is 12.8 Å². The topological polar surface area (TPSA) is 93.1 Å². The van der Waals surface area contributed by atoms with Gasteiger partial charge in [-0.3, -0.25) is 9.59 Å². The summed E-state index contributed by atoms with van der Waals surface area (Å²) in [7, 11) is 0. The van der Waals surface area contributed by atoms with Gasteiger partial charge in [0.2, 0.25) is 0 Å². The molecule has 6 nitrogen and oxygen atoms in total. The SMILES string of the molecule is CC/C=C\C(O)C/C=C/C=C\C/C=C\C/C=C\CCCC(=O)OC[C@@H](O)COC(=O)CCCCCCCCCCC(C)C. The molecule has 0 aliphatic carbocycles. The van der Waals surface area contributed by atoms with Crippen molar-refractivity contribution in [2.24, 2.45) is 5.92 Å². The number of ether oxygens (including phenoxy) is 2. The number of carbonyl (C=O) groups excluding carboxylic acids is 2. The molecule has 2 atom stereocenters. The Bertz CT molecular complexity index is 808. The van der Waals surface area contributed by atoms with Crippen LogP contribution in [0.1, 0.15) is 130 Å². The first-order valence-corrected chi connectivity index (χ1v) is 16.8. The highest BCUT2D eigenvalue weighted by molar-refractivity contribution is 5.69. The monoisotopic (exact) mass is 602 g/mol. The van der Waals surface area contributed by atoms with Crippen LogP contribution in [0.3, 0.4) is 0 Å². The largest absolute Gasteiger partial charge is 0.463 e. The molecule has 0 radical (unpaired) electrons. The summed E-state index contributed by atoms with van der Waals surface area (Å²) in [5.74, 6) is 0.136. The average Bonchev–Trinajstić information content (AvgIpc) is 2.98. The maximum Gasteiger partial charge on any atom is 0.305 e. The molecule has 0 saturated heterocycles. The van der Waals surface area contributed by atoms with Crippen LogP contribution in [0.5, 0.6) is 0 Å². The van der Waals surface area contributed by atoms with E-state index in [0.29, 0.717) is 19.3 Å². The van der Waals surface area contributed by atoms with Crippen LogP contribution in [-0.4, -0.2) is 47.6 Å². The third-order valence-electron chi connectivity index (χ3n) is 6.77. The Balaban J connectivity index is 3.64. The van der Waals surface area contributed by atoms with E-state index in [1.165, 1.54) is 38.5 Å². The van der Waals surface area contributed by atoms with Crippen LogP contribution in [0.4, 0.5) is 0 Å². The summed E-state index contributed by atoms with van der Waals surface area (Å²) in [6.07, 6.45) is 34.8. The number of rotatable bonds is 28. The summed E-state index contributed by atoms with van der Waals surface area (Å²) < 4.78 is 10.2. The quantitative estimate of drug-likeness (QED) is 0.0402. The Hall–Kier alpha value is -2.44. The minimum Gasteiger partial charge on any atom is -0.463 e. The summed E-state index contributed by atoms with van der Waals surface area (Å²) in [6, 6.07) is 0. The molecule has 0 heterocycles. The molecular formula is C37H62O6. The lowest BCUT2D eigenvalue weighted by Gasteiger charge is -2.12. The molecule has 0 fully saturated rings. The number of carbonyl (C=O) groups is 2. The van der Waals surface area contributed by atoms with Crippen molar-refractivity contribution in [3.05, 3.63) is 60.8 Å². The van der Waals surface area contributed by atoms with Gasteiger partial charge in [0.1, 0.15) is 19.3 Å². The molecule has 43 heavy (non-hydrogen) atoms. The second-order valence-electron chi connectivity index (χ2n) is 11.6. The Labute approximate surface area is 263 Å². The highest BCUT2D eigenvalue weighted by Gasteiger charge is 2.12. The molecule has 0 rings (SSSR count). The van der Waals surface area contributed by atoms with Crippen molar-refractivity contribution in [1.82, 2.24) is 0 Å². The van der Waals surface area contributed by atoms with Gasteiger partial charge in [-0.25, -0.2) is 0 Å². The van der Waals surface area contributed by atoms with Crippen LogP contribution in [0.25, 0.3) is 0 Å². The summed E-state index contributed by atoms with van der Waals surface area (Å²) in [5.41, 5.74) is 0. The van der Waals surface area contributed by atoms with E-state index in [1.54, 1.807) is 0 Å². The van der Waals surface area contributed by atoms with Gasteiger partial charge in [-0.2, -0.15) is 0 Å². The number of unbranched alkanes of at least 4 members (excludes halogenated alkanes) is 8. The normalized spacial score (nSPS) is 13.8. The highest BCUT2D eigenvalue weighted by atomic mass is 16.6. The van der Waals surface area contributed by atoms with E-state index in [4.69, 9.17) is 9.47 Å². The number of hydrogen-bond acceptors (Lipinski definition) is 6. The number of allylic oxidation sites excluding steroid dienone is 8. The van der Waals surface area contributed by atoms with Crippen LogP contribution in [0.15, 0.2) is 60.8 Å². The van der Waals surface area contributed by atoms with Crippen molar-refractivity contribution in [3.8, 4) is 0 Å². The molecule has 0 saturated carbocycles. The predicted octanol–water partition coefficient (Wildman–Crippen LogP) is 8.88. The van der Waals surface area contributed by atoms with Gasteiger partial charge < -0.3 is 19.7 Å². The van der Waals surface area contributed by atoms with E-state index < -0.39 is 12.2 Å². The zero-order valence-electron chi connectivity index (χ0n) is 27.5. The maximum atomic E-state index is 11.9. The Morgan fingerprint density at radius 1 is 0.651 bits per heavy atom.